The highest BCUT2D eigenvalue weighted by molar-refractivity contribution is 9.10. The third-order valence-electron chi connectivity index (χ3n) is 2.84. The molecule has 0 aliphatic carbocycles. The number of nitrogens with zero attached hydrogens (tertiary/aromatic N) is 2. The average molecular weight is 330 g/mol. The minimum absolute atomic E-state index is 0.0821. The Bertz CT molecular complexity index is 450. The highest BCUT2D eigenvalue weighted by atomic mass is 79.9. The second-order valence-electron chi connectivity index (χ2n) is 4.52. The highest BCUT2D eigenvalue weighted by Gasteiger charge is 2.14. The van der Waals surface area contributed by atoms with Crippen molar-refractivity contribution in [3.8, 4) is 0 Å². The molecule has 1 aromatic rings. The number of amidine groups is 1. The van der Waals surface area contributed by atoms with Gasteiger partial charge < -0.3 is 20.9 Å². The summed E-state index contributed by atoms with van der Waals surface area (Å²) in [5, 5.41) is 20.6. The lowest BCUT2D eigenvalue weighted by atomic mass is 10.1. The lowest BCUT2D eigenvalue weighted by Gasteiger charge is -2.30. The molecule has 0 aliphatic heterocycles. The number of halogens is 1. The fourth-order valence-electron chi connectivity index (χ4n) is 1.85. The van der Waals surface area contributed by atoms with Crippen molar-refractivity contribution in [1.82, 2.24) is 0 Å². The molecule has 106 valence electrons. The number of hydrogen-bond donors (Lipinski definition) is 3. The van der Waals surface area contributed by atoms with E-state index in [4.69, 9.17) is 16.0 Å². The van der Waals surface area contributed by atoms with Gasteiger partial charge in [0.15, 0.2) is 5.84 Å². The fraction of sp³-hybridized carbons (Fsp3) is 0.462. The van der Waals surface area contributed by atoms with Gasteiger partial charge >= 0.3 is 0 Å². The predicted octanol–water partition coefficient (Wildman–Crippen LogP) is 2.14. The molecule has 0 bridgehead atoms. The Kier molecular flexibility index (Phi) is 6.11. The molecule has 0 saturated carbocycles. The minimum atomic E-state index is 0.0821. The minimum Gasteiger partial charge on any atom is -0.409 e. The van der Waals surface area contributed by atoms with Crippen molar-refractivity contribution < 1.29 is 10.3 Å². The number of rotatable bonds is 6. The maximum atomic E-state index is 8.96. The van der Waals surface area contributed by atoms with E-state index in [9.17, 15) is 0 Å². The summed E-state index contributed by atoms with van der Waals surface area (Å²) in [6.45, 7) is 5.14. The number of benzene rings is 1. The van der Waals surface area contributed by atoms with Crippen LogP contribution in [0.25, 0.3) is 0 Å². The third kappa shape index (κ3) is 4.11. The molecule has 0 radical (unpaired) electrons. The van der Waals surface area contributed by atoms with Crippen LogP contribution in [0.2, 0.25) is 0 Å². The number of oxime groups is 1. The Labute approximate surface area is 121 Å². The van der Waals surface area contributed by atoms with Crippen molar-refractivity contribution in [2.24, 2.45) is 10.9 Å². The van der Waals surface area contributed by atoms with Crippen LogP contribution in [0.15, 0.2) is 27.8 Å². The zero-order valence-electron chi connectivity index (χ0n) is 11.2. The first kappa shape index (κ1) is 15.8. The molecule has 0 unspecified atom stereocenters. The summed E-state index contributed by atoms with van der Waals surface area (Å²) in [5.74, 6) is 0.0821. The molecule has 0 heterocycles. The van der Waals surface area contributed by atoms with Gasteiger partial charge in [-0.15, -0.1) is 0 Å². The largest absolute Gasteiger partial charge is 0.409 e. The molecule has 0 aliphatic rings. The summed E-state index contributed by atoms with van der Waals surface area (Å²) >= 11 is 3.51. The van der Waals surface area contributed by atoms with Gasteiger partial charge in [0, 0.05) is 29.2 Å². The van der Waals surface area contributed by atoms with E-state index in [1.165, 1.54) is 0 Å². The van der Waals surface area contributed by atoms with Crippen molar-refractivity contribution in [3.63, 3.8) is 0 Å². The van der Waals surface area contributed by atoms with Gasteiger partial charge in [0.1, 0.15) is 0 Å². The lowest BCUT2D eigenvalue weighted by molar-refractivity contribution is 0.288. The molecule has 1 rings (SSSR count). The Morgan fingerprint density at radius 1 is 1.47 bits per heavy atom. The van der Waals surface area contributed by atoms with Crippen LogP contribution in [0.5, 0.6) is 0 Å². The van der Waals surface area contributed by atoms with Gasteiger partial charge in [-0.05, 0) is 54.4 Å². The van der Waals surface area contributed by atoms with Crippen LogP contribution in [-0.2, 0) is 0 Å². The smallest absolute Gasteiger partial charge is 0.170 e. The van der Waals surface area contributed by atoms with Crippen LogP contribution < -0.4 is 10.6 Å². The second-order valence-corrected chi connectivity index (χ2v) is 5.37. The van der Waals surface area contributed by atoms with Crippen molar-refractivity contribution in [2.75, 3.05) is 18.1 Å². The van der Waals surface area contributed by atoms with E-state index in [1.807, 2.05) is 18.2 Å². The molecule has 4 N–H and O–H groups in total. The van der Waals surface area contributed by atoms with E-state index in [2.05, 4.69) is 39.8 Å². The average Bonchev–Trinajstić information content (AvgIpc) is 2.39. The van der Waals surface area contributed by atoms with E-state index >= 15 is 0 Å². The van der Waals surface area contributed by atoms with Crippen molar-refractivity contribution in [3.05, 3.63) is 28.2 Å². The van der Waals surface area contributed by atoms with Gasteiger partial charge in [0.2, 0.25) is 0 Å². The topological polar surface area (TPSA) is 82.1 Å². The van der Waals surface area contributed by atoms with Crippen LogP contribution in [-0.4, -0.2) is 35.3 Å². The van der Waals surface area contributed by atoms with Gasteiger partial charge in [-0.2, -0.15) is 0 Å². The van der Waals surface area contributed by atoms with Crippen molar-refractivity contribution in [1.29, 1.82) is 0 Å². The van der Waals surface area contributed by atoms with Gasteiger partial charge in [0.25, 0.3) is 0 Å². The van der Waals surface area contributed by atoms with Crippen LogP contribution in [0.3, 0.4) is 0 Å². The van der Waals surface area contributed by atoms with Crippen LogP contribution >= 0.6 is 15.9 Å². The maximum Gasteiger partial charge on any atom is 0.170 e. The molecule has 6 heteroatoms. The first-order valence-corrected chi connectivity index (χ1v) is 6.95. The molecule has 0 saturated heterocycles. The standard InChI is InChI=1S/C13H20BrN3O2/c1-9(2)17(6-3-7-18)12-5-4-10(8-11(12)14)13(15)16-19/h4-5,8-9,18-19H,3,6-7H2,1-2H3,(H2,15,16). The molecule has 0 amide bonds. The Morgan fingerprint density at radius 3 is 2.63 bits per heavy atom. The number of aliphatic hydroxyl groups excluding tert-OH is 1. The molecular weight excluding hydrogens is 310 g/mol. The summed E-state index contributed by atoms with van der Waals surface area (Å²) < 4.78 is 0.878. The number of aliphatic hydroxyl groups is 1. The fourth-order valence-corrected chi connectivity index (χ4v) is 2.46. The molecule has 1 aromatic carbocycles. The van der Waals surface area contributed by atoms with Gasteiger partial charge in [-0.25, -0.2) is 0 Å². The number of hydrogen-bond acceptors (Lipinski definition) is 4. The summed E-state index contributed by atoms with van der Waals surface area (Å²) in [6.07, 6.45) is 0.715. The third-order valence-corrected chi connectivity index (χ3v) is 3.48. The van der Waals surface area contributed by atoms with Gasteiger partial charge in [-0.1, -0.05) is 5.16 Å². The SMILES string of the molecule is CC(C)N(CCCO)c1ccc(/C(N)=N/O)cc1Br. The summed E-state index contributed by atoms with van der Waals surface area (Å²) in [4.78, 5) is 2.19. The molecular formula is C13H20BrN3O2. The van der Waals surface area contributed by atoms with E-state index in [0.29, 0.717) is 18.0 Å². The first-order valence-electron chi connectivity index (χ1n) is 6.16. The molecule has 19 heavy (non-hydrogen) atoms. The summed E-state index contributed by atoms with van der Waals surface area (Å²) in [6, 6.07) is 5.87. The quantitative estimate of drug-likeness (QED) is 0.323. The zero-order chi connectivity index (χ0) is 14.4. The number of anilines is 1. The summed E-state index contributed by atoms with van der Waals surface area (Å²) in [5.41, 5.74) is 7.24. The second kappa shape index (κ2) is 7.35. The van der Waals surface area contributed by atoms with Crippen LogP contribution in [0.4, 0.5) is 5.69 Å². The maximum absolute atomic E-state index is 8.96. The highest BCUT2D eigenvalue weighted by Crippen LogP contribution is 2.29. The normalized spacial score (nSPS) is 11.9. The van der Waals surface area contributed by atoms with E-state index in [1.54, 1.807) is 0 Å². The van der Waals surface area contributed by atoms with Crippen molar-refractivity contribution >= 4 is 27.5 Å². The molecule has 0 atom stereocenters. The molecule has 0 aromatic heterocycles. The Hall–Kier alpha value is -1.27. The molecule has 0 fully saturated rings. The monoisotopic (exact) mass is 329 g/mol. The summed E-state index contributed by atoms with van der Waals surface area (Å²) in [7, 11) is 0. The predicted molar refractivity (Wildman–Crippen MR) is 80.8 cm³/mol. The molecule has 5 nitrogen and oxygen atoms in total. The van der Waals surface area contributed by atoms with E-state index in [0.717, 1.165) is 16.7 Å². The first-order chi connectivity index (χ1) is 9.01. The van der Waals surface area contributed by atoms with E-state index in [-0.39, 0.29) is 12.4 Å². The van der Waals surface area contributed by atoms with Gasteiger partial charge in [-0.3, -0.25) is 0 Å². The number of nitrogens with two attached hydrogens (primary N) is 1. The zero-order valence-corrected chi connectivity index (χ0v) is 12.8. The van der Waals surface area contributed by atoms with Crippen LogP contribution in [0.1, 0.15) is 25.8 Å². The van der Waals surface area contributed by atoms with Crippen LogP contribution in [0, 0.1) is 0 Å². The van der Waals surface area contributed by atoms with Crippen molar-refractivity contribution in [2.45, 2.75) is 26.3 Å². The lowest BCUT2D eigenvalue weighted by Crippen LogP contribution is -2.32. The Balaban J connectivity index is 3.05. The van der Waals surface area contributed by atoms with Gasteiger partial charge in [0.05, 0.1) is 5.69 Å². The van der Waals surface area contributed by atoms with E-state index < -0.39 is 0 Å². The Morgan fingerprint density at radius 2 is 2.16 bits per heavy atom. The molecule has 0 spiro atoms.